The van der Waals surface area contributed by atoms with Crippen LogP contribution in [0.4, 0.5) is 0 Å². The van der Waals surface area contributed by atoms with Gasteiger partial charge in [-0.25, -0.2) is 0 Å². The molecule has 0 saturated heterocycles. The van der Waals surface area contributed by atoms with Gasteiger partial charge in [0.05, 0.1) is 0 Å². The van der Waals surface area contributed by atoms with E-state index >= 15 is 0 Å². The van der Waals surface area contributed by atoms with Gasteiger partial charge in [-0.2, -0.15) is 0 Å². The maximum absolute atomic E-state index is 5.39. The Morgan fingerprint density at radius 1 is 1.80 bits per heavy atom. The van der Waals surface area contributed by atoms with Crippen LogP contribution < -0.4 is 0 Å². The van der Waals surface area contributed by atoms with E-state index in [2.05, 4.69) is 13.5 Å². The summed E-state index contributed by atoms with van der Waals surface area (Å²) in [6, 6.07) is 1.19. The zero-order chi connectivity index (χ0) is 4.28. The third-order valence-electron chi connectivity index (χ3n) is 0.558. The van der Waals surface area contributed by atoms with E-state index in [0.717, 1.165) is 0 Å². The molecule has 0 aliphatic carbocycles. The summed E-state index contributed by atoms with van der Waals surface area (Å²) in [5.41, 5.74) is 0. The summed E-state index contributed by atoms with van der Waals surface area (Å²) in [6.07, 6.45) is 0. The number of hydrogen-bond donors (Lipinski definition) is 0. The first-order valence-electron chi connectivity index (χ1n) is 1.85. The van der Waals surface area contributed by atoms with Gasteiger partial charge in [-0.3, -0.25) is 0 Å². The van der Waals surface area contributed by atoms with Crippen molar-refractivity contribution in [1.29, 1.82) is 0 Å². The van der Waals surface area contributed by atoms with E-state index in [1.807, 2.05) is 0 Å². The molecular formula is C3H8BSi. The van der Waals surface area contributed by atoms with Gasteiger partial charge in [-0.05, 0) is 0 Å². The second-order valence-electron chi connectivity index (χ2n) is 1.20. The monoisotopic (exact) mass is 83.0 g/mol. The molecule has 0 spiro atoms. The fourth-order valence-corrected chi connectivity index (χ4v) is 0. The molecule has 0 saturated carbocycles. The fraction of sp³-hybridized carbons (Fsp3) is 1.00. The van der Waals surface area contributed by atoms with E-state index in [-0.39, 0.29) is 8.27 Å². The Labute approximate surface area is 35.7 Å². The third kappa shape index (κ3) is 4.28. The predicted octanol–water partition coefficient (Wildman–Crippen LogP) is 0.796. The van der Waals surface area contributed by atoms with Crippen molar-refractivity contribution in [2.75, 3.05) is 0 Å². The topological polar surface area (TPSA) is 0 Å². The van der Waals surface area contributed by atoms with Crippen LogP contribution in [0.1, 0.15) is 6.92 Å². The molecule has 0 fully saturated rings. The molecule has 0 nitrogen and oxygen atoms in total. The Kier molecular flexibility index (Phi) is 2.66. The summed E-state index contributed by atoms with van der Waals surface area (Å²) in [7, 11) is 5.02. The standard InChI is InChI=1S/C3H8BSi/c1-3-5(2)4/h3H2,1-2H3. The van der Waals surface area contributed by atoms with E-state index in [9.17, 15) is 0 Å². The van der Waals surface area contributed by atoms with E-state index in [1.165, 1.54) is 6.04 Å². The molecule has 27 valence electrons. The zero-order valence-electron chi connectivity index (χ0n) is 3.78. The fourth-order valence-electron chi connectivity index (χ4n) is 0. The Balaban J connectivity index is 2.85. The predicted molar refractivity (Wildman–Crippen MR) is 27.9 cm³/mol. The normalized spacial score (nSPS) is 7.40. The minimum absolute atomic E-state index is 0.374. The van der Waals surface area contributed by atoms with Crippen molar-refractivity contribution in [2.45, 2.75) is 19.5 Å². The molecule has 0 N–H and O–H groups in total. The minimum atomic E-state index is -0.374. The third-order valence-corrected chi connectivity index (χ3v) is 1.67. The Bertz CT molecular complexity index is 42.2. The molecule has 0 heterocycles. The summed E-state index contributed by atoms with van der Waals surface area (Å²) in [6.45, 7) is 4.22. The SMILES string of the molecule is [B]=[Si](C)CC. The van der Waals surface area contributed by atoms with Crippen LogP contribution in [0.25, 0.3) is 0 Å². The average Bonchev–Trinajstić information content (AvgIpc) is 1.38. The molecule has 0 atom stereocenters. The van der Waals surface area contributed by atoms with Crippen LogP contribution in [0.5, 0.6) is 0 Å². The molecule has 0 aromatic carbocycles. The molecule has 0 rings (SSSR count). The van der Waals surface area contributed by atoms with Crippen LogP contribution in [-0.2, 0) is 0 Å². The Morgan fingerprint density at radius 3 is 2.00 bits per heavy atom. The number of hydrogen-bond acceptors (Lipinski definition) is 0. The van der Waals surface area contributed by atoms with E-state index < -0.39 is 0 Å². The van der Waals surface area contributed by atoms with Crippen molar-refractivity contribution >= 4 is 15.3 Å². The summed E-state index contributed by atoms with van der Waals surface area (Å²) in [4.78, 5) is 0. The van der Waals surface area contributed by atoms with Crippen molar-refractivity contribution in [2.24, 2.45) is 0 Å². The van der Waals surface area contributed by atoms with Crippen molar-refractivity contribution < 1.29 is 0 Å². The van der Waals surface area contributed by atoms with E-state index in [1.54, 1.807) is 0 Å². The molecule has 0 aromatic heterocycles. The first-order chi connectivity index (χ1) is 2.27. The van der Waals surface area contributed by atoms with Crippen LogP contribution in [0.15, 0.2) is 0 Å². The molecule has 0 aromatic rings. The van der Waals surface area contributed by atoms with Gasteiger partial charge in [0, 0.05) is 0 Å². The summed E-state index contributed by atoms with van der Waals surface area (Å²) >= 11 is 0. The molecule has 1 radical (unpaired) electrons. The molecule has 0 bridgehead atoms. The molecule has 0 aliphatic rings. The Hall–Kier alpha value is 0.282. The second-order valence-corrected chi connectivity index (χ2v) is 3.60. The molecule has 5 heavy (non-hydrogen) atoms. The van der Waals surface area contributed by atoms with Crippen LogP contribution >= 0.6 is 0 Å². The van der Waals surface area contributed by atoms with Gasteiger partial charge in [0.2, 0.25) is 0 Å². The zero-order valence-corrected chi connectivity index (χ0v) is 4.78. The quantitative estimate of drug-likeness (QED) is 0.411. The van der Waals surface area contributed by atoms with Crippen LogP contribution in [0, 0.1) is 0 Å². The van der Waals surface area contributed by atoms with Crippen molar-refractivity contribution in [1.82, 2.24) is 0 Å². The van der Waals surface area contributed by atoms with Gasteiger partial charge in [-0.15, -0.1) is 0 Å². The van der Waals surface area contributed by atoms with E-state index in [0.29, 0.717) is 0 Å². The van der Waals surface area contributed by atoms with Gasteiger partial charge in [0.15, 0.2) is 0 Å². The van der Waals surface area contributed by atoms with Gasteiger partial charge < -0.3 is 0 Å². The maximum atomic E-state index is 5.39. The molecule has 2 heteroatoms. The summed E-state index contributed by atoms with van der Waals surface area (Å²) in [5, 5.41) is 0. The van der Waals surface area contributed by atoms with Crippen molar-refractivity contribution in [3.05, 3.63) is 0 Å². The van der Waals surface area contributed by atoms with Gasteiger partial charge >= 0.3 is 34.8 Å². The van der Waals surface area contributed by atoms with Crippen molar-refractivity contribution in [3.63, 3.8) is 0 Å². The summed E-state index contributed by atoms with van der Waals surface area (Å²) in [5.74, 6) is 0. The number of rotatable bonds is 1. The van der Waals surface area contributed by atoms with Gasteiger partial charge in [-0.1, -0.05) is 0 Å². The average molecular weight is 83.0 g/mol. The van der Waals surface area contributed by atoms with E-state index in [4.69, 9.17) is 7.05 Å². The molecule has 0 aliphatic heterocycles. The van der Waals surface area contributed by atoms with Crippen molar-refractivity contribution in [3.8, 4) is 0 Å². The second kappa shape index (κ2) is 2.52. The molecule has 0 amide bonds. The molecule has 0 unspecified atom stereocenters. The van der Waals surface area contributed by atoms with Crippen LogP contribution in [0.2, 0.25) is 12.6 Å². The van der Waals surface area contributed by atoms with Crippen LogP contribution in [-0.4, -0.2) is 15.3 Å². The van der Waals surface area contributed by atoms with Gasteiger partial charge in [0.1, 0.15) is 0 Å². The van der Waals surface area contributed by atoms with Gasteiger partial charge in [0.25, 0.3) is 0 Å². The molecular weight excluding hydrogens is 74.9 g/mol. The summed E-state index contributed by atoms with van der Waals surface area (Å²) < 4.78 is 0. The van der Waals surface area contributed by atoms with Crippen LogP contribution in [0.3, 0.4) is 0 Å². The Morgan fingerprint density at radius 2 is 2.00 bits per heavy atom. The first kappa shape index (κ1) is 5.28. The first-order valence-corrected chi connectivity index (χ1v) is 4.13.